The van der Waals surface area contributed by atoms with E-state index >= 15 is 0 Å². The number of aromatic nitrogens is 1. The van der Waals surface area contributed by atoms with Crippen LogP contribution in [0.4, 0.5) is 0 Å². The van der Waals surface area contributed by atoms with Crippen molar-refractivity contribution in [1.29, 1.82) is 0 Å². The number of benzene rings is 1. The highest BCUT2D eigenvalue weighted by molar-refractivity contribution is 7.89. The molecule has 8 heteroatoms. The summed E-state index contributed by atoms with van der Waals surface area (Å²) in [6.07, 6.45) is 4.56. The van der Waals surface area contributed by atoms with E-state index < -0.39 is 16.1 Å². The van der Waals surface area contributed by atoms with Crippen LogP contribution in [0.2, 0.25) is 0 Å². The number of aryl methyl sites for hydroxylation is 1. The van der Waals surface area contributed by atoms with Crippen LogP contribution in [0.3, 0.4) is 0 Å². The lowest BCUT2D eigenvalue weighted by Crippen LogP contribution is -2.50. The molecule has 0 bridgehead atoms. The third kappa shape index (κ3) is 5.77. The average molecular weight is 438 g/mol. The SMILES string of the molecule is Cc1nc2ccc(S(=O)(=O)NC(CC(C)C)C(=O)NC3CCC(C)CC3)cc2s1. The molecule has 160 valence electrons. The predicted molar refractivity (Wildman–Crippen MR) is 117 cm³/mol. The minimum atomic E-state index is -3.81. The number of rotatable bonds is 7. The Balaban J connectivity index is 1.75. The Bertz CT molecular complexity index is 961. The average Bonchev–Trinajstić information content (AvgIpc) is 3.01. The van der Waals surface area contributed by atoms with Gasteiger partial charge in [0.05, 0.1) is 20.1 Å². The van der Waals surface area contributed by atoms with Gasteiger partial charge in [0, 0.05) is 6.04 Å². The van der Waals surface area contributed by atoms with Crippen molar-refractivity contribution in [3.8, 4) is 0 Å². The highest BCUT2D eigenvalue weighted by atomic mass is 32.2. The van der Waals surface area contributed by atoms with Crippen molar-refractivity contribution < 1.29 is 13.2 Å². The second kappa shape index (κ2) is 9.10. The van der Waals surface area contributed by atoms with Gasteiger partial charge in [-0.3, -0.25) is 4.79 Å². The van der Waals surface area contributed by atoms with Crippen LogP contribution < -0.4 is 10.0 Å². The summed E-state index contributed by atoms with van der Waals surface area (Å²) in [6, 6.07) is 4.26. The van der Waals surface area contributed by atoms with E-state index in [-0.39, 0.29) is 22.8 Å². The molecule has 1 aromatic heterocycles. The topological polar surface area (TPSA) is 88.2 Å². The zero-order chi connectivity index (χ0) is 21.2. The largest absolute Gasteiger partial charge is 0.352 e. The summed E-state index contributed by atoms with van der Waals surface area (Å²) < 4.78 is 29.5. The third-order valence-corrected chi connectivity index (χ3v) is 7.86. The van der Waals surface area contributed by atoms with E-state index in [2.05, 4.69) is 21.9 Å². The Kier molecular flexibility index (Phi) is 6.96. The summed E-state index contributed by atoms with van der Waals surface area (Å²) in [5.74, 6) is 0.654. The van der Waals surface area contributed by atoms with Gasteiger partial charge in [0.25, 0.3) is 0 Å². The number of thiazole rings is 1. The Labute approximate surface area is 177 Å². The Morgan fingerprint density at radius 1 is 1.24 bits per heavy atom. The molecule has 1 aliphatic rings. The summed E-state index contributed by atoms with van der Waals surface area (Å²) in [5, 5.41) is 3.97. The van der Waals surface area contributed by atoms with E-state index in [0.717, 1.165) is 40.9 Å². The van der Waals surface area contributed by atoms with Crippen LogP contribution in [-0.4, -0.2) is 31.4 Å². The zero-order valence-electron chi connectivity index (χ0n) is 17.6. The van der Waals surface area contributed by atoms with Crippen LogP contribution in [0, 0.1) is 18.8 Å². The van der Waals surface area contributed by atoms with Crippen molar-refractivity contribution >= 4 is 37.5 Å². The molecule has 1 fully saturated rings. The standard InChI is InChI=1S/C21H31N3O3S2/c1-13(2)11-19(21(25)23-16-7-5-14(3)6-8-16)24-29(26,27)17-9-10-18-20(12-17)28-15(4)22-18/h9-10,12-14,16,19,24H,5-8,11H2,1-4H3,(H,23,25). The van der Waals surface area contributed by atoms with Gasteiger partial charge in [-0.2, -0.15) is 4.72 Å². The number of carbonyl (C=O) groups is 1. The smallest absolute Gasteiger partial charge is 0.241 e. The van der Waals surface area contributed by atoms with Crippen LogP contribution >= 0.6 is 11.3 Å². The normalized spacial score (nSPS) is 21.4. The third-order valence-electron chi connectivity index (χ3n) is 5.46. The van der Waals surface area contributed by atoms with E-state index in [1.54, 1.807) is 18.2 Å². The maximum Gasteiger partial charge on any atom is 0.241 e. The van der Waals surface area contributed by atoms with Crippen molar-refractivity contribution in [3.63, 3.8) is 0 Å². The van der Waals surface area contributed by atoms with E-state index in [9.17, 15) is 13.2 Å². The molecule has 3 rings (SSSR count). The van der Waals surface area contributed by atoms with E-state index in [0.29, 0.717) is 12.3 Å². The molecule has 1 amide bonds. The molecule has 2 aromatic rings. The molecule has 1 saturated carbocycles. The molecular formula is C21H31N3O3S2. The van der Waals surface area contributed by atoms with Crippen molar-refractivity contribution in [3.05, 3.63) is 23.2 Å². The lowest BCUT2D eigenvalue weighted by atomic mass is 9.87. The first-order valence-electron chi connectivity index (χ1n) is 10.3. The van der Waals surface area contributed by atoms with Gasteiger partial charge in [-0.05, 0) is 69.1 Å². The molecule has 1 aliphatic carbocycles. The van der Waals surface area contributed by atoms with Gasteiger partial charge < -0.3 is 5.32 Å². The monoisotopic (exact) mass is 437 g/mol. The van der Waals surface area contributed by atoms with Crippen LogP contribution in [0.5, 0.6) is 0 Å². The maximum absolute atomic E-state index is 13.0. The molecule has 0 saturated heterocycles. The zero-order valence-corrected chi connectivity index (χ0v) is 19.2. The highest BCUT2D eigenvalue weighted by Gasteiger charge is 2.29. The van der Waals surface area contributed by atoms with Crippen LogP contribution in [0.15, 0.2) is 23.1 Å². The number of nitrogens with one attached hydrogen (secondary N) is 2. The number of hydrogen-bond acceptors (Lipinski definition) is 5. The maximum atomic E-state index is 13.0. The lowest BCUT2D eigenvalue weighted by Gasteiger charge is -2.29. The summed E-state index contributed by atoms with van der Waals surface area (Å²) in [7, 11) is -3.81. The quantitative estimate of drug-likeness (QED) is 0.685. The Morgan fingerprint density at radius 3 is 2.59 bits per heavy atom. The van der Waals surface area contributed by atoms with Gasteiger partial charge in [0.2, 0.25) is 15.9 Å². The Morgan fingerprint density at radius 2 is 1.93 bits per heavy atom. The summed E-state index contributed by atoms with van der Waals surface area (Å²) >= 11 is 1.46. The fourth-order valence-electron chi connectivity index (χ4n) is 3.83. The van der Waals surface area contributed by atoms with Gasteiger partial charge >= 0.3 is 0 Å². The molecule has 29 heavy (non-hydrogen) atoms. The molecule has 0 radical (unpaired) electrons. The minimum absolute atomic E-state index is 0.134. The van der Waals surface area contributed by atoms with Gasteiger partial charge in [0.15, 0.2) is 0 Å². The van der Waals surface area contributed by atoms with Gasteiger partial charge in [-0.15, -0.1) is 11.3 Å². The van der Waals surface area contributed by atoms with E-state index in [4.69, 9.17) is 0 Å². The van der Waals surface area contributed by atoms with Crippen LogP contribution in [0.1, 0.15) is 57.9 Å². The van der Waals surface area contributed by atoms with Gasteiger partial charge in [-0.1, -0.05) is 20.8 Å². The number of hydrogen-bond donors (Lipinski definition) is 2. The van der Waals surface area contributed by atoms with Crippen molar-refractivity contribution in [2.75, 3.05) is 0 Å². The van der Waals surface area contributed by atoms with Crippen LogP contribution in [-0.2, 0) is 14.8 Å². The summed E-state index contributed by atoms with van der Waals surface area (Å²) in [5.41, 5.74) is 0.787. The lowest BCUT2D eigenvalue weighted by molar-refractivity contribution is -0.124. The number of carbonyl (C=O) groups excluding carboxylic acids is 1. The first-order chi connectivity index (χ1) is 13.6. The van der Waals surface area contributed by atoms with Crippen molar-refractivity contribution in [1.82, 2.24) is 15.0 Å². The second-order valence-corrected chi connectivity index (χ2v) is 11.6. The first kappa shape index (κ1) is 22.2. The summed E-state index contributed by atoms with van der Waals surface area (Å²) in [6.45, 7) is 8.10. The van der Waals surface area contributed by atoms with Crippen LogP contribution in [0.25, 0.3) is 10.2 Å². The molecule has 1 unspecified atom stereocenters. The highest BCUT2D eigenvalue weighted by Crippen LogP contribution is 2.26. The molecule has 6 nitrogen and oxygen atoms in total. The second-order valence-electron chi connectivity index (χ2n) is 8.63. The molecule has 1 heterocycles. The Hall–Kier alpha value is -1.51. The molecule has 1 atom stereocenters. The molecule has 0 spiro atoms. The fourth-order valence-corrected chi connectivity index (χ4v) is 6.00. The first-order valence-corrected chi connectivity index (χ1v) is 12.6. The van der Waals surface area contributed by atoms with Gasteiger partial charge in [-0.25, -0.2) is 13.4 Å². The van der Waals surface area contributed by atoms with Crippen molar-refractivity contribution in [2.24, 2.45) is 11.8 Å². The van der Waals surface area contributed by atoms with E-state index in [1.807, 2.05) is 20.8 Å². The summed E-state index contributed by atoms with van der Waals surface area (Å²) in [4.78, 5) is 17.4. The minimum Gasteiger partial charge on any atom is -0.352 e. The number of sulfonamides is 1. The number of amides is 1. The number of nitrogens with zero attached hydrogens (tertiary/aromatic N) is 1. The molecule has 2 N–H and O–H groups in total. The predicted octanol–water partition coefficient (Wildman–Crippen LogP) is 3.99. The molecule has 0 aliphatic heterocycles. The van der Waals surface area contributed by atoms with Gasteiger partial charge in [0.1, 0.15) is 6.04 Å². The molecular weight excluding hydrogens is 406 g/mol. The van der Waals surface area contributed by atoms with Crippen molar-refractivity contribution in [2.45, 2.75) is 76.8 Å². The fraction of sp³-hybridized carbons (Fsp3) is 0.619. The number of fused-ring (bicyclic) bond motifs is 1. The molecule has 1 aromatic carbocycles. The van der Waals surface area contributed by atoms with E-state index in [1.165, 1.54) is 11.3 Å².